The van der Waals surface area contributed by atoms with Crippen LogP contribution in [0.1, 0.15) is 12.0 Å². The van der Waals surface area contributed by atoms with Crippen LogP contribution >= 0.6 is 0 Å². The molecule has 2 atom stereocenters. The predicted molar refractivity (Wildman–Crippen MR) is 64.9 cm³/mol. The first-order chi connectivity index (χ1) is 8.17. The highest BCUT2D eigenvalue weighted by Crippen LogP contribution is 2.45. The summed E-state index contributed by atoms with van der Waals surface area (Å²) in [6, 6.07) is 7.93. The van der Waals surface area contributed by atoms with E-state index in [0.717, 1.165) is 11.3 Å². The molecule has 2 unspecified atom stereocenters. The fourth-order valence-corrected chi connectivity index (χ4v) is 3.11. The standard InChI is InChI=1S/C13H16N2O2/c1-15-8-13(6-9(15)7-16)10-4-2-3-5-11(10)14-12(13)17/h2-5,9,16H,6-8H2,1H3,(H,14,17). The number of para-hydroxylation sites is 1. The van der Waals surface area contributed by atoms with Gasteiger partial charge < -0.3 is 10.4 Å². The predicted octanol–water partition coefficient (Wildman–Crippen LogP) is 0.573. The van der Waals surface area contributed by atoms with E-state index in [9.17, 15) is 9.90 Å². The summed E-state index contributed by atoms with van der Waals surface area (Å²) in [6.45, 7) is 0.786. The number of fused-ring (bicyclic) bond motifs is 2. The second-order valence-corrected chi connectivity index (χ2v) is 5.04. The van der Waals surface area contributed by atoms with Crippen molar-refractivity contribution in [3.05, 3.63) is 29.8 Å². The second-order valence-electron chi connectivity index (χ2n) is 5.04. The topological polar surface area (TPSA) is 52.6 Å². The highest BCUT2D eigenvalue weighted by atomic mass is 16.3. The van der Waals surface area contributed by atoms with Crippen LogP contribution in [-0.4, -0.2) is 42.2 Å². The van der Waals surface area contributed by atoms with Crippen molar-refractivity contribution < 1.29 is 9.90 Å². The Balaban J connectivity index is 2.06. The quantitative estimate of drug-likeness (QED) is 0.744. The van der Waals surface area contributed by atoms with Crippen LogP contribution < -0.4 is 5.32 Å². The molecule has 2 heterocycles. The van der Waals surface area contributed by atoms with E-state index in [1.54, 1.807) is 0 Å². The van der Waals surface area contributed by atoms with Crippen LogP contribution in [0.2, 0.25) is 0 Å². The maximum absolute atomic E-state index is 12.2. The number of aliphatic hydroxyl groups excluding tert-OH is 1. The number of carbonyl (C=O) groups excluding carboxylic acids is 1. The van der Waals surface area contributed by atoms with Gasteiger partial charge in [-0.05, 0) is 25.1 Å². The Hall–Kier alpha value is -1.39. The third kappa shape index (κ3) is 1.34. The first-order valence-corrected chi connectivity index (χ1v) is 5.89. The Bertz CT molecular complexity index is 474. The summed E-state index contributed by atoms with van der Waals surface area (Å²) < 4.78 is 0. The number of anilines is 1. The first-order valence-electron chi connectivity index (χ1n) is 5.89. The van der Waals surface area contributed by atoms with Gasteiger partial charge in [-0.3, -0.25) is 9.69 Å². The van der Waals surface area contributed by atoms with Crippen LogP contribution in [0.5, 0.6) is 0 Å². The van der Waals surface area contributed by atoms with Crippen LogP contribution in [-0.2, 0) is 10.2 Å². The number of nitrogens with zero attached hydrogens (tertiary/aromatic N) is 1. The number of hydrogen-bond acceptors (Lipinski definition) is 3. The highest BCUT2D eigenvalue weighted by Gasteiger charge is 2.53. The van der Waals surface area contributed by atoms with Crippen molar-refractivity contribution in [1.82, 2.24) is 4.90 Å². The largest absolute Gasteiger partial charge is 0.395 e. The molecule has 3 rings (SSSR count). The molecule has 0 aromatic heterocycles. The zero-order valence-corrected chi connectivity index (χ0v) is 9.81. The Labute approximate surface area is 100 Å². The van der Waals surface area contributed by atoms with Crippen LogP contribution in [0.4, 0.5) is 5.69 Å². The van der Waals surface area contributed by atoms with Gasteiger partial charge in [-0.15, -0.1) is 0 Å². The monoisotopic (exact) mass is 232 g/mol. The average molecular weight is 232 g/mol. The lowest BCUT2D eigenvalue weighted by Crippen LogP contribution is -2.36. The van der Waals surface area contributed by atoms with Crippen molar-refractivity contribution >= 4 is 11.6 Å². The van der Waals surface area contributed by atoms with Crippen molar-refractivity contribution in [3.63, 3.8) is 0 Å². The average Bonchev–Trinajstić information content (AvgIpc) is 2.80. The van der Waals surface area contributed by atoms with E-state index in [0.29, 0.717) is 13.0 Å². The number of nitrogens with one attached hydrogen (secondary N) is 1. The molecule has 0 bridgehead atoms. The number of benzene rings is 1. The van der Waals surface area contributed by atoms with Gasteiger partial charge in [0.1, 0.15) is 0 Å². The number of likely N-dealkylation sites (N-methyl/N-ethyl adjacent to an activating group) is 1. The fourth-order valence-electron chi connectivity index (χ4n) is 3.11. The Morgan fingerprint density at radius 2 is 2.29 bits per heavy atom. The van der Waals surface area contributed by atoms with Crippen molar-refractivity contribution in [1.29, 1.82) is 0 Å². The lowest BCUT2D eigenvalue weighted by atomic mass is 9.79. The zero-order valence-electron chi connectivity index (χ0n) is 9.81. The summed E-state index contributed by atoms with van der Waals surface area (Å²) in [5.41, 5.74) is 1.54. The SMILES string of the molecule is CN1CC2(CC1CO)C(=O)Nc1ccccc12. The summed E-state index contributed by atoms with van der Waals surface area (Å²) >= 11 is 0. The second kappa shape index (κ2) is 3.55. The molecule has 0 aliphatic carbocycles. The van der Waals surface area contributed by atoms with E-state index in [1.165, 1.54) is 0 Å². The molecule has 4 heteroatoms. The van der Waals surface area contributed by atoms with Gasteiger partial charge in [0, 0.05) is 18.3 Å². The summed E-state index contributed by atoms with van der Waals surface area (Å²) in [7, 11) is 1.96. The minimum atomic E-state index is -0.460. The van der Waals surface area contributed by atoms with Gasteiger partial charge in [0.15, 0.2) is 0 Å². The maximum atomic E-state index is 12.2. The molecule has 1 spiro atoms. The van der Waals surface area contributed by atoms with Crippen LogP contribution in [0, 0.1) is 0 Å². The molecule has 1 amide bonds. The van der Waals surface area contributed by atoms with Crippen molar-refractivity contribution in [2.45, 2.75) is 17.9 Å². The van der Waals surface area contributed by atoms with Crippen LogP contribution in [0.25, 0.3) is 0 Å². The molecule has 17 heavy (non-hydrogen) atoms. The van der Waals surface area contributed by atoms with Gasteiger partial charge in [0.2, 0.25) is 5.91 Å². The minimum Gasteiger partial charge on any atom is -0.395 e. The molecule has 90 valence electrons. The molecule has 1 fully saturated rings. The molecule has 2 N–H and O–H groups in total. The fraction of sp³-hybridized carbons (Fsp3) is 0.462. The highest BCUT2D eigenvalue weighted by molar-refractivity contribution is 6.06. The maximum Gasteiger partial charge on any atom is 0.236 e. The number of amides is 1. The molecule has 1 aromatic carbocycles. The van der Waals surface area contributed by atoms with Crippen molar-refractivity contribution in [2.24, 2.45) is 0 Å². The normalized spacial score (nSPS) is 31.9. The molecule has 1 aromatic rings. The molecular formula is C13H16N2O2. The van der Waals surface area contributed by atoms with Crippen molar-refractivity contribution in [3.8, 4) is 0 Å². The number of rotatable bonds is 1. The lowest BCUT2D eigenvalue weighted by Gasteiger charge is -2.20. The van der Waals surface area contributed by atoms with Gasteiger partial charge in [-0.25, -0.2) is 0 Å². The Morgan fingerprint density at radius 3 is 3.00 bits per heavy atom. The number of carbonyl (C=O) groups is 1. The lowest BCUT2D eigenvalue weighted by molar-refractivity contribution is -0.120. The van der Waals surface area contributed by atoms with Crippen LogP contribution in [0.3, 0.4) is 0 Å². The Kier molecular flexibility index (Phi) is 2.24. The molecule has 1 saturated heterocycles. The van der Waals surface area contributed by atoms with E-state index in [4.69, 9.17) is 0 Å². The van der Waals surface area contributed by atoms with Gasteiger partial charge in [-0.2, -0.15) is 0 Å². The van der Waals surface area contributed by atoms with Gasteiger partial charge in [0.05, 0.1) is 12.0 Å². The molecule has 4 nitrogen and oxygen atoms in total. The molecular weight excluding hydrogens is 216 g/mol. The van der Waals surface area contributed by atoms with E-state index in [2.05, 4.69) is 10.2 Å². The van der Waals surface area contributed by atoms with Crippen LogP contribution in [0.15, 0.2) is 24.3 Å². The third-order valence-corrected chi connectivity index (χ3v) is 4.06. The van der Waals surface area contributed by atoms with E-state index in [-0.39, 0.29) is 18.6 Å². The molecule has 0 saturated carbocycles. The zero-order chi connectivity index (χ0) is 12.0. The first kappa shape index (κ1) is 10.7. The molecule has 0 radical (unpaired) electrons. The number of aliphatic hydroxyl groups is 1. The number of likely N-dealkylation sites (tertiary alicyclic amines) is 1. The summed E-state index contributed by atoms with van der Waals surface area (Å²) in [5.74, 6) is 0.0708. The minimum absolute atomic E-state index is 0.0708. The summed E-state index contributed by atoms with van der Waals surface area (Å²) in [5, 5.41) is 12.3. The van der Waals surface area contributed by atoms with Crippen molar-refractivity contribution in [2.75, 3.05) is 25.5 Å². The van der Waals surface area contributed by atoms with E-state index in [1.807, 2.05) is 31.3 Å². The summed E-state index contributed by atoms with van der Waals surface area (Å²) in [6.07, 6.45) is 0.697. The van der Waals surface area contributed by atoms with E-state index >= 15 is 0 Å². The molecule has 2 aliphatic rings. The summed E-state index contributed by atoms with van der Waals surface area (Å²) in [4.78, 5) is 14.3. The number of hydrogen-bond donors (Lipinski definition) is 2. The third-order valence-electron chi connectivity index (χ3n) is 4.06. The molecule has 2 aliphatic heterocycles. The Morgan fingerprint density at radius 1 is 1.53 bits per heavy atom. The van der Waals surface area contributed by atoms with Gasteiger partial charge in [0.25, 0.3) is 0 Å². The smallest absolute Gasteiger partial charge is 0.236 e. The van der Waals surface area contributed by atoms with Gasteiger partial charge in [-0.1, -0.05) is 18.2 Å². The van der Waals surface area contributed by atoms with E-state index < -0.39 is 5.41 Å². The van der Waals surface area contributed by atoms with Gasteiger partial charge >= 0.3 is 0 Å².